The highest BCUT2D eigenvalue weighted by atomic mass is 19.1. The van der Waals surface area contributed by atoms with Crippen LogP contribution in [0.5, 0.6) is 11.6 Å². The van der Waals surface area contributed by atoms with Crippen molar-refractivity contribution in [2.75, 3.05) is 25.5 Å². The van der Waals surface area contributed by atoms with Crippen molar-refractivity contribution in [3.63, 3.8) is 0 Å². The van der Waals surface area contributed by atoms with Crippen LogP contribution in [-0.4, -0.2) is 47.0 Å². The lowest BCUT2D eigenvalue weighted by Gasteiger charge is -2.36. The third-order valence-electron chi connectivity index (χ3n) is 5.88. The average Bonchev–Trinajstić information content (AvgIpc) is 2.86. The van der Waals surface area contributed by atoms with Crippen LogP contribution in [0.1, 0.15) is 31.2 Å². The van der Waals surface area contributed by atoms with Crippen LogP contribution < -0.4 is 19.6 Å². The number of piperidine rings is 1. The van der Waals surface area contributed by atoms with Crippen molar-refractivity contribution in [2.45, 2.75) is 31.7 Å². The SMILES string of the molecule is CO[n+]1ccc([C@@H]2CCCN([C@@H](C)C(=O)Nc3cnc(Oc4ccc(F)cc4F)cn3)C2)cc1. The Morgan fingerprint density at radius 3 is 2.68 bits per heavy atom. The largest absolute Gasteiger partial charge is 0.434 e. The van der Waals surface area contributed by atoms with Crippen molar-refractivity contribution in [2.24, 2.45) is 0 Å². The van der Waals surface area contributed by atoms with Crippen LogP contribution >= 0.6 is 0 Å². The molecule has 178 valence electrons. The van der Waals surface area contributed by atoms with Crippen LogP contribution in [-0.2, 0) is 4.79 Å². The van der Waals surface area contributed by atoms with Gasteiger partial charge in [0.15, 0.2) is 17.4 Å². The summed E-state index contributed by atoms with van der Waals surface area (Å²) in [4.78, 5) is 28.3. The van der Waals surface area contributed by atoms with Gasteiger partial charge in [-0.05, 0) is 49.9 Å². The van der Waals surface area contributed by atoms with Crippen molar-refractivity contribution < 1.29 is 27.9 Å². The van der Waals surface area contributed by atoms with Crippen LogP contribution in [0.25, 0.3) is 0 Å². The molecule has 2 aromatic heterocycles. The number of likely N-dealkylation sites (tertiary alicyclic amines) is 1. The Morgan fingerprint density at radius 1 is 1.21 bits per heavy atom. The van der Waals surface area contributed by atoms with E-state index in [9.17, 15) is 13.6 Å². The molecule has 0 spiro atoms. The van der Waals surface area contributed by atoms with E-state index < -0.39 is 11.6 Å². The summed E-state index contributed by atoms with van der Waals surface area (Å²) in [5.41, 5.74) is 1.21. The molecule has 1 amide bonds. The minimum atomic E-state index is -0.846. The Hall–Kier alpha value is -3.66. The number of carbonyl (C=O) groups is 1. The van der Waals surface area contributed by atoms with Gasteiger partial charge in [-0.1, -0.05) is 0 Å². The number of carbonyl (C=O) groups excluding carboxylic acids is 1. The summed E-state index contributed by atoms with van der Waals surface area (Å²) in [6, 6.07) is 6.69. The lowest BCUT2D eigenvalue weighted by molar-refractivity contribution is -0.885. The highest BCUT2D eigenvalue weighted by Crippen LogP contribution is 2.28. The molecule has 0 bridgehead atoms. The minimum Gasteiger partial charge on any atom is -0.434 e. The molecular weight excluding hydrogens is 444 g/mol. The predicted octanol–water partition coefficient (Wildman–Crippen LogP) is 3.10. The first kappa shape index (κ1) is 23.5. The van der Waals surface area contributed by atoms with Gasteiger partial charge in [-0.3, -0.25) is 14.5 Å². The molecule has 0 aliphatic carbocycles. The van der Waals surface area contributed by atoms with Gasteiger partial charge < -0.3 is 10.1 Å². The Morgan fingerprint density at radius 2 is 2.00 bits per heavy atom. The third-order valence-corrected chi connectivity index (χ3v) is 5.88. The van der Waals surface area contributed by atoms with Gasteiger partial charge in [0.25, 0.3) is 0 Å². The number of hydrogen-bond acceptors (Lipinski definition) is 6. The van der Waals surface area contributed by atoms with E-state index in [1.165, 1.54) is 24.0 Å². The van der Waals surface area contributed by atoms with Gasteiger partial charge in [0.2, 0.25) is 24.2 Å². The molecule has 1 fully saturated rings. The summed E-state index contributed by atoms with van der Waals surface area (Å²) in [6.45, 7) is 3.47. The second kappa shape index (κ2) is 10.5. The molecule has 1 N–H and O–H groups in total. The Bertz CT molecular complexity index is 1130. The lowest BCUT2D eigenvalue weighted by Crippen LogP contribution is -2.46. The monoisotopic (exact) mass is 470 g/mol. The molecule has 4 rings (SSSR count). The summed E-state index contributed by atoms with van der Waals surface area (Å²) in [5.74, 6) is -1.31. The molecule has 0 radical (unpaired) electrons. The van der Waals surface area contributed by atoms with Crippen molar-refractivity contribution >= 4 is 11.7 Å². The zero-order valence-corrected chi connectivity index (χ0v) is 18.9. The second-order valence-electron chi connectivity index (χ2n) is 8.09. The molecule has 0 saturated carbocycles. The van der Waals surface area contributed by atoms with Crippen molar-refractivity contribution in [3.8, 4) is 11.6 Å². The summed E-state index contributed by atoms with van der Waals surface area (Å²) in [7, 11) is 1.61. The second-order valence-corrected chi connectivity index (χ2v) is 8.09. The highest BCUT2D eigenvalue weighted by Gasteiger charge is 2.29. The fraction of sp³-hybridized carbons (Fsp3) is 0.333. The van der Waals surface area contributed by atoms with Gasteiger partial charge in [-0.15, -0.1) is 0 Å². The number of pyridine rings is 1. The van der Waals surface area contributed by atoms with Crippen LogP contribution in [0, 0.1) is 11.6 Å². The van der Waals surface area contributed by atoms with E-state index >= 15 is 0 Å². The molecule has 10 heteroatoms. The third kappa shape index (κ3) is 5.63. The number of aromatic nitrogens is 3. The average molecular weight is 471 g/mol. The molecular formula is C24H26F2N5O3+. The van der Waals surface area contributed by atoms with E-state index in [4.69, 9.17) is 9.57 Å². The van der Waals surface area contributed by atoms with Crippen LogP contribution in [0.4, 0.5) is 14.6 Å². The lowest BCUT2D eigenvalue weighted by atomic mass is 9.90. The quantitative estimate of drug-likeness (QED) is 0.535. The van der Waals surface area contributed by atoms with Crippen LogP contribution in [0.2, 0.25) is 0 Å². The van der Waals surface area contributed by atoms with E-state index in [1.54, 1.807) is 11.8 Å². The first-order valence-corrected chi connectivity index (χ1v) is 11.0. The predicted molar refractivity (Wildman–Crippen MR) is 119 cm³/mol. The molecule has 1 aliphatic rings. The highest BCUT2D eigenvalue weighted by molar-refractivity contribution is 5.93. The number of rotatable bonds is 7. The molecule has 1 saturated heterocycles. The topological polar surface area (TPSA) is 80.5 Å². The number of amides is 1. The minimum absolute atomic E-state index is 0.0214. The summed E-state index contributed by atoms with van der Waals surface area (Å²) >= 11 is 0. The molecule has 1 aliphatic heterocycles. The number of ether oxygens (including phenoxy) is 1. The first-order valence-electron chi connectivity index (χ1n) is 11.0. The van der Waals surface area contributed by atoms with Crippen molar-refractivity contribution in [1.82, 2.24) is 14.9 Å². The summed E-state index contributed by atoms with van der Waals surface area (Å²) in [5, 5.41) is 2.77. The number of nitrogens with zero attached hydrogens (tertiary/aromatic N) is 4. The van der Waals surface area contributed by atoms with Crippen molar-refractivity contribution in [1.29, 1.82) is 0 Å². The Balaban J connectivity index is 1.34. The molecule has 0 unspecified atom stereocenters. The van der Waals surface area contributed by atoms with Gasteiger partial charge in [0.1, 0.15) is 12.9 Å². The normalized spacial score (nSPS) is 17.1. The standard InChI is InChI=1S/C24H25F2N5O3/c1-16(30-9-3-4-18(15-30)17-7-10-31(33-2)11-8-17)24(32)29-22-13-28-23(14-27-22)34-21-6-5-19(25)12-20(21)26/h5-8,10-14,16,18H,3-4,9,15H2,1-2H3/p+1/t16-,18+/m0/s1. The molecule has 1 aromatic carbocycles. The molecule has 8 nitrogen and oxygen atoms in total. The maximum absolute atomic E-state index is 13.7. The van der Waals surface area contributed by atoms with E-state index in [1.807, 2.05) is 31.5 Å². The fourth-order valence-corrected chi connectivity index (χ4v) is 3.95. The summed E-state index contributed by atoms with van der Waals surface area (Å²) < 4.78 is 33.7. The number of anilines is 1. The number of hydrogen-bond donors (Lipinski definition) is 1. The zero-order valence-electron chi connectivity index (χ0n) is 18.9. The van der Waals surface area contributed by atoms with E-state index in [-0.39, 0.29) is 29.4 Å². The zero-order chi connectivity index (χ0) is 24.1. The van der Waals surface area contributed by atoms with Gasteiger partial charge in [-0.25, -0.2) is 18.7 Å². The van der Waals surface area contributed by atoms with Crippen LogP contribution in [0.3, 0.4) is 0 Å². The molecule has 2 atom stereocenters. The molecule has 3 aromatic rings. The molecule has 34 heavy (non-hydrogen) atoms. The van der Waals surface area contributed by atoms with Gasteiger partial charge in [0, 0.05) is 29.5 Å². The molecule has 3 heterocycles. The number of nitrogens with one attached hydrogen (secondary N) is 1. The first-order chi connectivity index (χ1) is 16.4. The number of halogens is 2. The van der Waals surface area contributed by atoms with Gasteiger partial charge in [-0.2, -0.15) is 0 Å². The van der Waals surface area contributed by atoms with Crippen molar-refractivity contribution in [3.05, 3.63) is 72.3 Å². The number of benzene rings is 1. The van der Waals surface area contributed by atoms with Gasteiger partial charge in [0.05, 0.1) is 18.4 Å². The van der Waals surface area contributed by atoms with Gasteiger partial charge >= 0.3 is 0 Å². The Labute approximate surface area is 196 Å². The van der Waals surface area contributed by atoms with Crippen LogP contribution in [0.15, 0.2) is 55.1 Å². The van der Waals surface area contributed by atoms with E-state index in [2.05, 4.69) is 20.2 Å². The maximum Gasteiger partial charge on any atom is 0.242 e. The Kier molecular flexibility index (Phi) is 7.27. The summed E-state index contributed by atoms with van der Waals surface area (Å²) in [6.07, 6.45) is 8.40. The van der Waals surface area contributed by atoms with E-state index in [0.29, 0.717) is 5.92 Å². The fourth-order valence-electron chi connectivity index (χ4n) is 3.95. The van der Waals surface area contributed by atoms with E-state index in [0.717, 1.165) is 38.1 Å². The smallest absolute Gasteiger partial charge is 0.242 e. The maximum atomic E-state index is 13.7.